The van der Waals surface area contributed by atoms with Gasteiger partial charge in [-0.3, -0.25) is 38.4 Å². The number of carbonyl (C=O) groups excluding carboxylic acids is 7. The Balaban J connectivity index is 1.40. The summed E-state index contributed by atoms with van der Waals surface area (Å²) in [6.45, 7) is 2.20. The molecule has 73 heavy (non-hydrogen) atoms. The molecule has 0 saturated carbocycles. The summed E-state index contributed by atoms with van der Waals surface area (Å²) in [7, 11) is 0. The van der Waals surface area contributed by atoms with Crippen molar-refractivity contribution in [3.8, 4) is 0 Å². The molecular formula is C53H69N11O9. The van der Waals surface area contributed by atoms with E-state index in [9.17, 15) is 43.5 Å². The van der Waals surface area contributed by atoms with E-state index in [1.165, 1.54) is 6.92 Å². The van der Waals surface area contributed by atoms with Crippen molar-refractivity contribution in [2.24, 2.45) is 22.9 Å². The number of unbranched alkanes of at least 4 members (excludes halogenated alkanes) is 2. The van der Waals surface area contributed by atoms with Crippen LogP contribution in [-0.2, 0) is 57.6 Å². The Bertz CT molecular complexity index is 2680. The summed E-state index contributed by atoms with van der Waals surface area (Å²) < 4.78 is 0. The molecule has 0 aliphatic rings. The number of nitrogens with one attached hydrogen (secondary N) is 7. The average Bonchev–Trinajstić information content (AvgIpc) is 3.78. The molecule has 0 spiro atoms. The van der Waals surface area contributed by atoms with Gasteiger partial charge >= 0.3 is 5.97 Å². The van der Waals surface area contributed by atoms with Crippen molar-refractivity contribution < 1.29 is 43.5 Å². The number of carboxylic acid groups (broad SMARTS) is 1. The first kappa shape index (κ1) is 56.2. The zero-order chi connectivity index (χ0) is 52.9. The number of aliphatic carboxylic acids is 1. The maximum Gasteiger partial charge on any atom is 0.303 e. The van der Waals surface area contributed by atoms with Crippen LogP contribution in [0.5, 0.6) is 0 Å². The standard InChI is InChI=1S/C53H69N11O9/c1-32(59-51(71)44(63-49(69)39(56)18-9-11-25-54)29-34-21-22-35-15-5-6-16-36(35)27-34)48(68)62-45(30-37-31-58-40-19-8-7-17-38(37)40)53(73)64-43(28-33-13-3-2-4-14-33)52(72)61-42(23-24-46(65)66)50(70)60-41(47(57)67)20-10-12-26-55/h2-8,13-17,19,21-22,27,31-32,39,41-45,58H,9-12,18,20,23-26,28-30,54-56H2,1H3,(H2,57,67)(H,59,71)(H,60,70)(H,61,72)(H,62,68)(H,63,69)(H,64,73)(H,65,66)/t32-,39+,41-,42-,43+,44+,45-/m0/s1. The van der Waals surface area contributed by atoms with E-state index < -0.39 is 96.0 Å². The van der Waals surface area contributed by atoms with Gasteiger partial charge < -0.3 is 64.9 Å². The molecule has 390 valence electrons. The third kappa shape index (κ3) is 17.5. The Labute approximate surface area is 423 Å². The lowest BCUT2D eigenvalue weighted by atomic mass is 10.00. The highest BCUT2D eigenvalue weighted by Gasteiger charge is 2.34. The number of benzene rings is 4. The van der Waals surface area contributed by atoms with Crippen molar-refractivity contribution >= 4 is 69.0 Å². The van der Waals surface area contributed by atoms with Crippen LogP contribution in [0.3, 0.4) is 0 Å². The maximum absolute atomic E-state index is 14.7. The SMILES string of the molecule is C[C@H](NC(=O)[C@@H](Cc1ccc2ccccc2c1)NC(=O)[C@H](N)CCCCN)C(=O)N[C@@H](Cc1c[nH]c2ccccc12)C(=O)N[C@H](Cc1ccccc1)C(=O)N[C@@H](CCC(=O)O)C(=O)N[C@@H](CCCCN)C(N)=O. The Hall–Kier alpha value is -7.68. The van der Waals surface area contributed by atoms with Crippen LogP contribution >= 0.6 is 0 Å². The minimum absolute atomic E-state index is 0.0576. The molecule has 0 aliphatic heterocycles. The number of fused-ring (bicyclic) bond motifs is 2. The smallest absolute Gasteiger partial charge is 0.303 e. The zero-order valence-corrected chi connectivity index (χ0v) is 41.1. The normalized spacial score (nSPS) is 14.1. The summed E-state index contributed by atoms with van der Waals surface area (Å²) in [6.07, 6.45) is 3.43. The largest absolute Gasteiger partial charge is 0.481 e. The van der Waals surface area contributed by atoms with E-state index in [-0.39, 0.29) is 32.1 Å². The number of amides is 7. The van der Waals surface area contributed by atoms with Crippen LogP contribution in [0.4, 0.5) is 0 Å². The molecule has 0 unspecified atom stereocenters. The third-order valence-corrected chi connectivity index (χ3v) is 12.5. The zero-order valence-electron chi connectivity index (χ0n) is 41.1. The van der Waals surface area contributed by atoms with Crippen LogP contribution < -0.4 is 54.8 Å². The fourth-order valence-electron chi connectivity index (χ4n) is 8.33. The molecule has 1 aromatic heterocycles. The minimum atomic E-state index is -1.47. The molecule has 5 rings (SSSR count). The summed E-state index contributed by atoms with van der Waals surface area (Å²) >= 11 is 0. The molecule has 4 aromatic carbocycles. The molecule has 20 nitrogen and oxygen atoms in total. The molecule has 0 aliphatic carbocycles. The number of hydrogen-bond acceptors (Lipinski definition) is 11. The van der Waals surface area contributed by atoms with Crippen molar-refractivity contribution in [3.63, 3.8) is 0 Å². The van der Waals surface area contributed by atoms with E-state index in [1.54, 1.807) is 36.5 Å². The number of carboxylic acids is 1. The lowest BCUT2D eigenvalue weighted by Crippen LogP contribution is -2.60. The van der Waals surface area contributed by atoms with Crippen molar-refractivity contribution in [3.05, 3.63) is 120 Å². The lowest BCUT2D eigenvalue weighted by molar-refractivity contribution is -0.138. The van der Waals surface area contributed by atoms with Gasteiger partial charge in [0.1, 0.15) is 36.3 Å². The second kappa shape index (κ2) is 28.4. The molecule has 5 aromatic rings. The Morgan fingerprint density at radius 1 is 0.534 bits per heavy atom. The van der Waals surface area contributed by atoms with Gasteiger partial charge in [0.15, 0.2) is 0 Å². The fraction of sp³-hybridized carbons (Fsp3) is 0.396. The van der Waals surface area contributed by atoms with Gasteiger partial charge in [0.05, 0.1) is 6.04 Å². The molecule has 0 radical (unpaired) electrons. The highest BCUT2D eigenvalue weighted by atomic mass is 16.4. The number of nitrogens with two attached hydrogens (primary N) is 4. The van der Waals surface area contributed by atoms with Crippen LogP contribution in [-0.4, -0.2) is 113 Å². The quantitative estimate of drug-likeness (QED) is 0.0289. The fourth-order valence-corrected chi connectivity index (χ4v) is 8.33. The predicted molar refractivity (Wildman–Crippen MR) is 277 cm³/mol. The Kier molecular flexibility index (Phi) is 21.9. The number of rotatable bonds is 30. The van der Waals surface area contributed by atoms with Crippen LogP contribution in [0.1, 0.15) is 75.0 Å². The molecule has 16 N–H and O–H groups in total. The first-order chi connectivity index (χ1) is 35.1. The second-order valence-corrected chi connectivity index (χ2v) is 18.2. The van der Waals surface area contributed by atoms with E-state index in [0.29, 0.717) is 56.3 Å². The van der Waals surface area contributed by atoms with Crippen LogP contribution in [0.2, 0.25) is 0 Å². The van der Waals surface area contributed by atoms with Gasteiger partial charge in [-0.15, -0.1) is 0 Å². The molecule has 1 heterocycles. The van der Waals surface area contributed by atoms with Gasteiger partial charge in [-0.1, -0.05) is 97.4 Å². The molecule has 7 atom stereocenters. The van der Waals surface area contributed by atoms with Gasteiger partial charge in [-0.2, -0.15) is 0 Å². The van der Waals surface area contributed by atoms with Gasteiger partial charge in [-0.05, 0) is 92.1 Å². The first-order valence-electron chi connectivity index (χ1n) is 24.6. The van der Waals surface area contributed by atoms with E-state index >= 15 is 0 Å². The van der Waals surface area contributed by atoms with Gasteiger partial charge in [-0.25, -0.2) is 0 Å². The maximum atomic E-state index is 14.7. The third-order valence-electron chi connectivity index (χ3n) is 12.5. The number of para-hydroxylation sites is 1. The van der Waals surface area contributed by atoms with E-state index in [1.807, 2.05) is 66.7 Å². The summed E-state index contributed by atoms with van der Waals surface area (Å²) in [6, 6.07) is 20.6. The second-order valence-electron chi connectivity index (χ2n) is 18.2. The molecule has 20 heteroatoms. The van der Waals surface area contributed by atoms with E-state index in [0.717, 1.165) is 27.2 Å². The molecule has 0 bridgehead atoms. The van der Waals surface area contributed by atoms with Crippen molar-refractivity contribution in [1.29, 1.82) is 0 Å². The highest BCUT2D eigenvalue weighted by molar-refractivity contribution is 5.98. The number of aromatic amines is 1. The monoisotopic (exact) mass is 1000 g/mol. The van der Waals surface area contributed by atoms with Crippen LogP contribution in [0, 0.1) is 0 Å². The molecular weight excluding hydrogens is 935 g/mol. The van der Waals surface area contributed by atoms with Crippen molar-refractivity contribution in [2.45, 2.75) is 120 Å². The van der Waals surface area contributed by atoms with Crippen LogP contribution in [0.25, 0.3) is 21.7 Å². The summed E-state index contributed by atoms with van der Waals surface area (Å²) in [4.78, 5) is 112. The van der Waals surface area contributed by atoms with E-state index in [4.69, 9.17) is 22.9 Å². The van der Waals surface area contributed by atoms with Gasteiger partial charge in [0, 0.05) is 42.8 Å². The first-order valence-corrected chi connectivity index (χ1v) is 24.6. The van der Waals surface area contributed by atoms with E-state index in [2.05, 4.69) is 36.9 Å². The lowest BCUT2D eigenvalue weighted by Gasteiger charge is -2.27. The summed E-state index contributed by atoms with van der Waals surface area (Å²) in [5.74, 6) is -6.62. The van der Waals surface area contributed by atoms with Gasteiger partial charge in [0.25, 0.3) is 0 Å². The Morgan fingerprint density at radius 2 is 1.07 bits per heavy atom. The highest BCUT2D eigenvalue weighted by Crippen LogP contribution is 2.21. The van der Waals surface area contributed by atoms with Crippen molar-refractivity contribution in [2.75, 3.05) is 13.1 Å². The summed E-state index contributed by atoms with van der Waals surface area (Å²) in [5.41, 5.74) is 25.8. The molecule has 0 saturated heterocycles. The number of primary amides is 1. The van der Waals surface area contributed by atoms with Crippen molar-refractivity contribution in [1.82, 2.24) is 36.9 Å². The Morgan fingerprint density at radius 3 is 1.74 bits per heavy atom. The number of hydrogen-bond donors (Lipinski definition) is 12. The minimum Gasteiger partial charge on any atom is -0.481 e. The molecule has 7 amide bonds. The number of aromatic nitrogens is 1. The predicted octanol–water partition coefficient (Wildman–Crippen LogP) is 1.21. The topological polar surface area (TPSA) is 349 Å². The van der Waals surface area contributed by atoms with Crippen LogP contribution in [0.15, 0.2) is 103 Å². The van der Waals surface area contributed by atoms with Gasteiger partial charge in [0.2, 0.25) is 41.4 Å². The average molecular weight is 1000 g/mol. The number of carbonyl (C=O) groups is 8. The molecule has 0 fully saturated rings. The number of H-pyrrole nitrogens is 1. The summed E-state index contributed by atoms with van der Waals surface area (Å²) in [5, 5.41) is 28.3.